The summed E-state index contributed by atoms with van der Waals surface area (Å²) in [5.74, 6) is 0.550. The summed E-state index contributed by atoms with van der Waals surface area (Å²) in [4.78, 5) is 31.4. The van der Waals surface area contributed by atoms with Gasteiger partial charge < -0.3 is 16.4 Å². The lowest BCUT2D eigenvalue weighted by atomic mass is 9.91. The number of benzene rings is 3. The minimum Gasteiger partial charge on any atom is -0.369 e. The highest BCUT2D eigenvalue weighted by Crippen LogP contribution is 2.29. The van der Waals surface area contributed by atoms with E-state index in [0.717, 1.165) is 27.6 Å². The summed E-state index contributed by atoms with van der Waals surface area (Å²) in [5.41, 5.74) is 7.96. The predicted molar refractivity (Wildman–Crippen MR) is 136 cm³/mol. The van der Waals surface area contributed by atoms with Gasteiger partial charge in [0, 0.05) is 11.9 Å². The second kappa shape index (κ2) is 9.55. The number of urea groups is 1. The molecule has 3 amide bonds. The molecule has 0 saturated heterocycles. The van der Waals surface area contributed by atoms with E-state index in [1.165, 1.54) is 0 Å². The number of anilines is 1. The molecule has 0 radical (unpaired) electrons. The number of nitrogens with two attached hydrogens (primary N) is 1. The van der Waals surface area contributed by atoms with E-state index in [0.29, 0.717) is 25.4 Å². The van der Waals surface area contributed by atoms with Gasteiger partial charge in [0.05, 0.1) is 12.2 Å². The molecule has 1 atom stereocenters. The van der Waals surface area contributed by atoms with Gasteiger partial charge in [-0.3, -0.25) is 9.69 Å². The van der Waals surface area contributed by atoms with E-state index >= 15 is 0 Å². The van der Waals surface area contributed by atoms with E-state index < -0.39 is 5.54 Å². The number of guanidine groups is 1. The van der Waals surface area contributed by atoms with Crippen molar-refractivity contribution in [2.45, 2.75) is 45.8 Å². The first-order valence-electron chi connectivity index (χ1n) is 11.5. The Bertz CT molecular complexity index is 1230. The smallest absolute Gasteiger partial charge is 0.319 e. The van der Waals surface area contributed by atoms with E-state index in [4.69, 9.17) is 5.73 Å². The Morgan fingerprint density at radius 3 is 2.44 bits per heavy atom. The maximum atomic E-state index is 12.9. The number of nitrogens with zero attached hydrogens (tertiary/aromatic N) is 2. The molecule has 0 saturated carbocycles. The van der Waals surface area contributed by atoms with Gasteiger partial charge in [-0.2, -0.15) is 0 Å². The highest BCUT2D eigenvalue weighted by Gasteiger charge is 2.43. The molecule has 1 aliphatic rings. The summed E-state index contributed by atoms with van der Waals surface area (Å²) in [5, 5.41) is 7.88. The lowest BCUT2D eigenvalue weighted by Gasteiger charge is -2.23. The maximum Gasteiger partial charge on any atom is 0.319 e. The fourth-order valence-electron chi connectivity index (χ4n) is 4.46. The third-order valence-electron chi connectivity index (χ3n) is 6.00. The first kappa shape index (κ1) is 23.3. The van der Waals surface area contributed by atoms with Crippen LogP contribution < -0.4 is 16.4 Å². The van der Waals surface area contributed by atoms with E-state index in [1.54, 1.807) is 4.90 Å². The molecule has 0 spiro atoms. The molecule has 4 rings (SSSR count). The molecular formula is C27H31N5O2. The number of rotatable bonds is 7. The first-order valence-corrected chi connectivity index (χ1v) is 11.5. The van der Waals surface area contributed by atoms with Gasteiger partial charge in [0.25, 0.3) is 5.91 Å². The highest BCUT2D eigenvalue weighted by molar-refractivity contribution is 6.06. The molecule has 1 aliphatic heterocycles. The van der Waals surface area contributed by atoms with Crippen LogP contribution in [0.2, 0.25) is 0 Å². The van der Waals surface area contributed by atoms with Crippen LogP contribution in [0.25, 0.3) is 10.8 Å². The first-order chi connectivity index (χ1) is 16.2. The number of hydrogen-bond acceptors (Lipinski definition) is 4. The van der Waals surface area contributed by atoms with Gasteiger partial charge in [0.2, 0.25) is 0 Å². The van der Waals surface area contributed by atoms with Crippen LogP contribution in [0, 0.1) is 5.92 Å². The van der Waals surface area contributed by atoms with Crippen LogP contribution in [0.1, 0.15) is 38.3 Å². The third-order valence-corrected chi connectivity index (χ3v) is 6.00. The van der Waals surface area contributed by atoms with Crippen molar-refractivity contribution >= 4 is 34.4 Å². The average molecular weight is 458 g/mol. The van der Waals surface area contributed by atoms with Crippen LogP contribution in [-0.2, 0) is 17.9 Å². The van der Waals surface area contributed by atoms with Crippen LogP contribution in [0.15, 0.2) is 71.7 Å². The van der Waals surface area contributed by atoms with Crippen molar-refractivity contribution < 1.29 is 9.59 Å². The number of amides is 3. The molecule has 176 valence electrons. The van der Waals surface area contributed by atoms with Crippen LogP contribution in [0.4, 0.5) is 10.5 Å². The molecule has 7 nitrogen and oxygen atoms in total. The number of aliphatic imine (C=N–C) groups is 1. The summed E-state index contributed by atoms with van der Waals surface area (Å²) in [6.45, 7) is 6.75. The van der Waals surface area contributed by atoms with Gasteiger partial charge in [0.1, 0.15) is 5.54 Å². The Morgan fingerprint density at radius 2 is 1.71 bits per heavy atom. The molecule has 1 unspecified atom stereocenters. The molecule has 3 aromatic rings. The van der Waals surface area contributed by atoms with Gasteiger partial charge in [-0.05, 0) is 41.8 Å². The summed E-state index contributed by atoms with van der Waals surface area (Å²) in [7, 11) is 0. The fraction of sp³-hybridized carbons (Fsp3) is 0.296. The zero-order valence-corrected chi connectivity index (χ0v) is 19.8. The lowest BCUT2D eigenvalue weighted by molar-refractivity contribution is -0.131. The molecule has 3 aromatic carbocycles. The molecule has 4 N–H and O–H groups in total. The summed E-state index contributed by atoms with van der Waals surface area (Å²) >= 11 is 0. The van der Waals surface area contributed by atoms with Crippen molar-refractivity contribution in [3.63, 3.8) is 0 Å². The zero-order chi connectivity index (χ0) is 24.3. The number of hydrogen-bond donors (Lipinski definition) is 3. The summed E-state index contributed by atoms with van der Waals surface area (Å²) in [6.07, 6.45) is 0.661. The van der Waals surface area contributed by atoms with Gasteiger partial charge in [-0.25, -0.2) is 9.79 Å². The molecule has 0 aliphatic carbocycles. The topological polar surface area (TPSA) is 99.8 Å². The monoisotopic (exact) mass is 457 g/mol. The number of carbonyl (C=O) groups is 2. The van der Waals surface area contributed by atoms with Crippen LogP contribution in [0.3, 0.4) is 0 Å². The normalized spacial score (nSPS) is 17.8. The van der Waals surface area contributed by atoms with Crippen molar-refractivity contribution in [2.75, 3.05) is 5.32 Å². The molecule has 34 heavy (non-hydrogen) atoms. The molecule has 0 fully saturated rings. The van der Waals surface area contributed by atoms with E-state index in [-0.39, 0.29) is 17.9 Å². The lowest BCUT2D eigenvalue weighted by Crippen LogP contribution is -2.43. The van der Waals surface area contributed by atoms with Crippen molar-refractivity contribution in [2.24, 2.45) is 16.6 Å². The Balaban J connectivity index is 1.33. The Kier molecular flexibility index (Phi) is 6.54. The largest absolute Gasteiger partial charge is 0.369 e. The molecular weight excluding hydrogens is 426 g/mol. The van der Waals surface area contributed by atoms with E-state index in [2.05, 4.69) is 29.5 Å². The van der Waals surface area contributed by atoms with Crippen molar-refractivity contribution in [3.8, 4) is 0 Å². The number of carbonyl (C=O) groups excluding carboxylic acids is 2. The molecule has 7 heteroatoms. The molecule has 0 bridgehead atoms. The quantitative estimate of drug-likeness (QED) is 0.482. The Morgan fingerprint density at radius 1 is 1.03 bits per heavy atom. The van der Waals surface area contributed by atoms with Crippen molar-refractivity contribution in [1.29, 1.82) is 0 Å². The second-order valence-corrected chi connectivity index (χ2v) is 9.38. The van der Waals surface area contributed by atoms with E-state index in [9.17, 15) is 9.59 Å². The second-order valence-electron chi connectivity index (χ2n) is 9.38. The molecule has 1 heterocycles. The SMILES string of the molecule is CC(C)CC1(C)N=C(N)N(Cc2ccc(CNC(=O)Nc3cccc4ccccc34)cc2)C1=O. The maximum absolute atomic E-state index is 12.9. The predicted octanol–water partition coefficient (Wildman–Crippen LogP) is 4.62. The number of nitrogens with one attached hydrogen (secondary N) is 2. The fourth-order valence-corrected chi connectivity index (χ4v) is 4.46. The zero-order valence-electron chi connectivity index (χ0n) is 19.8. The Labute approximate surface area is 200 Å². The van der Waals surface area contributed by atoms with Gasteiger partial charge >= 0.3 is 6.03 Å². The minimum atomic E-state index is -0.792. The van der Waals surface area contributed by atoms with Crippen molar-refractivity contribution in [1.82, 2.24) is 10.2 Å². The van der Waals surface area contributed by atoms with Crippen LogP contribution >= 0.6 is 0 Å². The van der Waals surface area contributed by atoms with E-state index in [1.807, 2.05) is 73.7 Å². The average Bonchev–Trinajstić information content (AvgIpc) is 3.01. The van der Waals surface area contributed by atoms with Crippen molar-refractivity contribution in [3.05, 3.63) is 77.9 Å². The molecule has 0 aromatic heterocycles. The standard InChI is InChI=1S/C27H31N5O2/c1-18(2)15-27(3)24(33)32(25(28)31-27)17-20-13-11-19(12-14-20)16-29-26(34)30-23-10-6-8-21-7-4-5-9-22(21)23/h4-14,18H,15-17H2,1-3H3,(H2,28,31)(H2,29,30,34). The Hall–Kier alpha value is -3.87. The minimum absolute atomic E-state index is 0.0606. The number of fused-ring (bicyclic) bond motifs is 1. The highest BCUT2D eigenvalue weighted by atomic mass is 16.2. The van der Waals surface area contributed by atoms with Crippen LogP contribution in [0.5, 0.6) is 0 Å². The van der Waals surface area contributed by atoms with Crippen LogP contribution in [-0.4, -0.2) is 28.3 Å². The van der Waals surface area contributed by atoms with Gasteiger partial charge in [-0.1, -0.05) is 74.5 Å². The van der Waals surface area contributed by atoms with Gasteiger partial charge in [-0.15, -0.1) is 0 Å². The van der Waals surface area contributed by atoms with Gasteiger partial charge in [0.15, 0.2) is 5.96 Å². The third kappa shape index (κ3) is 5.03. The summed E-state index contributed by atoms with van der Waals surface area (Å²) < 4.78 is 0. The summed E-state index contributed by atoms with van der Waals surface area (Å²) in [6, 6.07) is 21.2.